The summed E-state index contributed by atoms with van der Waals surface area (Å²) in [5, 5.41) is 10.6. The first kappa shape index (κ1) is 17.6. The van der Waals surface area contributed by atoms with Gasteiger partial charge in [0, 0.05) is 6.21 Å². The minimum absolute atomic E-state index is 0.112. The molecule has 0 aliphatic rings. The van der Waals surface area contributed by atoms with Crippen LogP contribution in [-0.4, -0.2) is 20.9 Å². The topological polar surface area (TPSA) is 70.4 Å². The van der Waals surface area contributed by atoms with Crippen LogP contribution < -0.4 is 5.56 Å². The van der Waals surface area contributed by atoms with Crippen molar-refractivity contribution in [2.75, 3.05) is 0 Å². The first-order valence-electron chi connectivity index (χ1n) is 7.98. The molecular weight excluding hydrogens is 346 g/mol. The van der Waals surface area contributed by atoms with Gasteiger partial charge in [-0.05, 0) is 55.1 Å². The van der Waals surface area contributed by atoms with E-state index >= 15 is 0 Å². The second-order valence-corrected chi connectivity index (χ2v) is 5.98. The Balaban J connectivity index is 2.01. The molecule has 2 N–H and O–H groups in total. The van der Waals surface area contributed by atoms with Gasteiger partial charge in [0.25, 0.3) is 5.56 Å². The smallest absolute Gasteiger partial charge is 0.262 e. The fourth-order valence-electron chi connectivity index (χ4n) is 2.51. The average Bonchev–Trinajstić information content (AvgIpc) is 2.63. The zero-order chi connectivity index (χ0) is 18.5. The number of hydrogen-bond acceptors (Lipinski definition) is 4. The van der Waals surface area contributed by atoms with E-state index in [4.69, 9.17) is 12.2 Å². The standard InChI is InChI=1S/C20H17N3O2S/c1-14-8-5-6-12-17(14)23-19(25)16(18(24)22-20(23)26)11-7-13-21-15-9-3-2-4-10-15/h2-13,25H,1H3,(H,22,24,26)/b11-7+,21-13?. The number of hydrogen-bond donors (Lipinski definition) is 2. The fraction of sp³-hybridized carbons (Fsp3) is 0.0500. The van der Waals surface area contributed by atoms with Crippen LogP contribution >= 0.6 is 12.2 Å². The molecule has 0 aliphatic carbocycles. The molecule has 0 radical (unpaired) electrons. The zero-order valence-electron chi connectivity index (χ0n) is 14.1. The predicted molar refractivity (Wildman–Crippen MR) is 107 cm³/mol. The molecule has 0 saturated carbocycles. The Morgan fingerprint density at radius 1 is 1.12 bits per heavy atom. The summed E-state index contributed by atoms with van der Waals surface area (Å²) >= 11 is 5.22. The van der Waals surface area contributed by atoms with Gasteiger partial charge in [0.15, 0.2) is 4.77 Å². The Bertz CT molecular complexity index is 1100. The average molecular weight is 363 g/mol. The van der Waals surface area contributed by atoms with E-state index in [9.17, 15) is 9.90 Å². The van der Waals surface area contributed by atoms with Gasteiger partial charge in [0.2, 0.25) is 5.88 Å². The number of aromatic hydroxyl groups is 1. The molecule has 0 atom stereocenters. The van der Waals surface area contributed by atoms with Crippen LogP contribution in [0.4, 0.5) is 5.69 Å². The summed E-state index contributed by atoms with van der Waals surface area (Å²) in [5.74, 6) is -0.211. The molecule has 3 aromatic rings. The summed E-state index contributed by atoms with van der Waals surface area (Å²) in [7, 11) is 0. The fourth-order valence-corrected chi connectivity index (χ4v) is 2.79. The second-order valence-electron chi connectivity index (χ2n) is 5.59. The van der Waals surface area contributed by atoms with E-state index in [0.717, 1.165) is 11.3 Å². The van der Waals surface area contributed by atoms with Crippen molar-refractivity contribution in [3.05, 3.63) is 86.9 Å². The Hall–Kier alpha value is -3.25. The Kier molecular flexibility index (Phi) is 5.24. The lowest BCUT2D eigenvalue weighted by Crippen LogP contribution is -2.16. The lowest BCUT2D eigenvalue weighted by atomic mass is 10.2. The van der Waals surface area contributed by atoms with E-state index in [2.05, 4.69) is 9.98 Å². The number of para-hydroxylation sites is 2. The summed E-state index contributed by atoms with van der Waals surface area (Å²) in [6, 6.07) is 16.9. The molecule has 1 aromatic heterocycles. The molecule has 26 heavy (non-hydrogen) atoms. The third-order valence-electron chi connectivity index (χ3n) is 3.81. The number of nitrogens with zero attached hydrogens (tertiary/aromatic N) is 2. The maximum absolute atomic E-state index is 12.2. The molecule has 2 aromatic carbocycles. The quantitative estimate of drug-likeness (QED) is 0.535. The molecular formula is C20H17N3O2S. The molecule has 3 rings (SSSR count). The minimum Gasteiger partial charge on any atom is -0.494 e. The van der Waals surface area contributed by atoms with E-state index in [-0.39, 0.29) is 16.2 Å². The number of nitrogens with one attached hydrogen (secondary N) is 1. The molecule has 5 nitrogen and oxygen atoms in total. The molecule has 0 spiro atoms. The van der Waals surface area contributed by atoms with Crippen LogP contribution in [0.15, 0.2) is 70.5 Å². The van der Waals surface area contributed by atoms with Crippen molar-refractivity contribution in [1.82, 2.24) is 9.55 Å². The van der Waals surface area contributed by atoms with Crippen molar-refractivity contribution in [3.63, 3.8) is 0 Å². The molecule has 0 saturated heterocycles. The number of aliphatic imine (C=N–C) groups is 1. The molecule has 0 amide bonds. The van der Waals surface area contributed by atoms with Crippen LogP contribution in [0.2, 0.25) is 0 Å². The summed E-state index contributed by atoms with van der Waals surface area (Å²) in [5.41, 5.74) is 2.08. The van der Waals surface area contributed by atoms with Crippen LogP contribution in [0.1, 0.15) is 11.1 Å². The van der Waals surface area contributed by atoms with Crippen molar-refractivity contribution in [1.29, 1.82) is 0 Å². The number of aromatic amines is 1. The SMILES string of the molecule is Cc1ccccc1-n1c(O)c(/C=C/C=Nc2ccccc2)c(=O)[nH]c1=S. The summed E-state index contributed by atoms with van der Waals surface area (Å²) in [6.07, 6.45) is 4.67. The van der Waals surface area contributed by atoms with Gasteiger partial charge in [-0.15, -0.1) is 0 Å². The van der Waals surface area contributed by atoms with Crippen molar-refractivity contribution >= 4 is 30.2 Å². The third-order valence-corrected chi connectivity index (χ3v) is 4.09. The molecule has 0 aliphatic heterocycles. The third kappa shape index (κ3) is 3.70. The van der Waals surface area contributed by atoms with Crippen molar-refractivity contribution in [2.24, 2.45) is 4.99 Å². The van der Waals surface area contributed by atoms with Crippen LogP contribution in [0, 0.1) is 11.7 Å². The second kappa shape index (κ2) is 7.76. The monoisotopic (exact) mass is 363 g/mol. The van der Waals surface area contributed by atoms with Gasteiger partial charge < -0.3 is 5.11 Å². The van der Waals surface area contributed by atoms with E-state index in [0.29, 0.717) is 5.69 Å². The van der Waals surface area contributed by atoms with Gasteiger partial charge in [-0.3, -0.25) is 19.3 Å². The van der Waals surface area contributed by atoms with Crippen molar-refractivity contribution in [2.45, 2.75) is 6.92 Å². The first-order chi connectivity index (χ1) is 12.6. The molecule has 0 fully saturated rings. The Labute approximate surface area is 155 Å². The van der Waals surface area contributed by atoms with Crippen LogP contribution in [-0.2, 0) is 0 Å². The lowest BCUT2D eigenvalue weighted by molar-refractivity contribution is 0.431. The van der Waals surface area contributed by atoms with Gasteiger partial charge in [-0.25, -0.2) is 0 Å². The lowest BCUT2D eigenvalue weighted by Gasteiger charge is -2.13. The van der Waals surface area contributed by atoms with Gasteiger partial charge in [-0.2, -0.15) is 0 Å². The highest BCUT2D eigenvalue weighted by atomic mass is 32.1. The molecule has 6 heteroatoms. The van der Waals surface area contributed by atoms with Gasteiger partial charge in [-0.1, -0.05) is 36.4 Å². The zero-order valence-corrected chi connectivity index (χ0v) is 14.9. The van der Waals surface area contributed by atoms with Crippen molar-refractivity contribution < 1.29 is 5.11 Å². The van der Waals surface area contributed by atoms with E-state index < -0.39 is 5.56 Å². The largest absolute Gasteiger partial charge is 0.494 e. The van der Waals surface area contributed by atoms with Gasteiger partial charge in [0.05, 0.1) is 11.4 Å². The number of rotatable bonds is 4. The highest BCUT2D eigenvalue weighted by molar-refractivity contribution is 7.71. The van der Waals surface area contributed by atoms with Crippen LogP contribution in [0.5, 0.6) is 5.88 Å². The first-order valence-corrected chi connectivity index (χ1v) is 8.39. The van der Waals surface area contributed by atoms with E-state index in [1.54, 1.807) is 12.3 Å². The number of H-pyrrole nitrogens is 1. The normalized spacial score (nSPS) is 11.4. The number of aryl methyl sites for hydroxylation is 1. The number of aromatic nitrogens is 2. The van der Waals surface area contributed by atoms with Crippen LogP contribution in [0.3, 0.4) is 0 Å². The maximum atomic E-state index is 12.2. The molecule has 1 heterocycles. The Morgan fingerprint density at radius 3 is 2.54 bits per heavy atom. The van der Waals surface area contributed by atoms with Gasteiger partial charge in [0.1, 0.15) is 5.56 Å². The number of benzene rings is 2. The van der Waals surface area contributed by atoms with Gasteiger partial charge >= 0.3 is 0 Å². The summed E-state index contributed by atoms with van der Waals surface area (Å²) < 4.78 is 1.58. The number of allylic oxidation sites excluding steroid dienone is 1. The summed E-state index contributed by atoms with van der Waals surface area (Å²) in [6.45, 7) is 1.91. The van der Waals surface area contributed by atoms with Crippen molar-refractivity contribution in [3.8, 4) is 11.6 Å². The van der Waals surface area contributed by atoms with E-state index in [1.807, 2.05) is 61.5 Å². The predicted octanol–water partition coefficient (Wildman–Crippen LogP) is 4.32. The molecule has 130 valence electrons. The van der Waals surface area contributed by atoms with E-state index in [1.165, 1.54) is 10.6 Å². The van der Waals surface area contributed by atoms with Crippen LogP contribution in [0.25, 0.3) is 11.8 Å². The highest BCUT2D eigenvalue weighted by Crippen LogP contribution is 2.22. The minimum atomic E-state index is -0.457. The summed E-state index contributed by atoms with van der Waals surface area (Å²) in [4.78, 5) is 19.1. The molecule has 0 unspecified atom stereocenters. The maximum Gasteiger partial charge on any atom is 0.262 e. The highest BCUT2D eigenvalue weighted by Gasteiger charge is 2.12. The Morgan fingerprint density at radius 2 is 1.81 bits per heavy atom. The molecule has 0 bridgehead atoms.